The van der Waals surface area contributed by atoms with Crippen LogP contribution in [0, 0.1) is 6.92 Å². The van der Waals surface area contributed by atoms with Crippen molar-refractivity contribution in [2.45, 2.75) is 62.4 Å². The molecule has 1 saturated carbocycles. The summed E-state index contributed by atoms with van der Waals surface area (Å²) in [7, 11) is 0. The first kappa shape index (κ1) is 19.7. The van der Waals surface area contributed by atoms with Gasteiger partial charge in [-0.05, 0) is 43.3 Å². The van der Waals surface area contributed by atoms with Crippen molar-refractivity contribution >= 4 is 34.1 Å². The van der Waals surface area contributed by atoms with Gasteiger partial charge in [-0.25, -0.2) is 9.97 Å². The van der Waals surface area contributed by atoms with Gasteiger partial charge in [-0.15, -0.1) is 21.5 Å². The Labute approximate surface area is 185 Å². The molecular formula is C23H25N5S2. The van der Waals surface area contributed by atoms with Gasteiger partial charge in [0.25, 0.3) is 0 Å². The standard InChI is InChI=1S/C23H25N5S2/c1-16-21(25-20-12-6-5-11-19(20)24-16)15-30-23-27-26-22(14-18-10-7-13-29-18)28(23)17-8-3-2-4-9-17/h5-7,10-13,17H,2-4,8-9,14-15H2,1H3. The van der Waals surface area contributed by atoms with Crippen LogP contribution in [0.4, 0.5) is 0 Å². The van der Waals surface area contributed by atoms with E-state index in [1.54, 1.807) is 23.1 Å². The topological polar surface area (TPSA) is 56.5 Å². The smallest absolute Gasteiger partial charge is 0.191 e. The molecule has 3 heterocycles. The molecule has 7 heteroatoms. The molecule has 0 saturated heterocycles. The third-order valence-electron chi connectivity index (χ3n) is 5.77. The third-order valence-corrected chi connectivity index (χ3v) is 7.60. The second-order valence-electron chi connectivity index (χ2n) is 7.85. The van der Waals surface area contributed by atoms with Crippen molar-refractivity contribution in [1.29, 1.82) is 0 Å². The fraction of sp³-hybridized carbons (Fsp3) is 0.391. The molecule has 30 heavy (non-hydrogen) atoms. The minimum Gasteiger partial charge on any atom is -0.303 e. The summed E-state index contributed by atoms with van der Waals surface area (Å²) in [6, 6.07) is 12.9. The molecule has 1 aliphatic carbocycles. The SMILES string of the molecule is Cc1nc2ccccc2nc1CSc1nnc(Cc2cccs2)n1C1CCCCC1. The molecule has 0 aliphatic heterocycles. The Hall–Kier alpha value is -2.25. The number of hydrogen-bond donors (Lipinski definition) is 0. The summed E-state index contributed by atoms with van der Waals surface area (Å²) in [6.45, 7) is 2.05. The van der Waals surface area contributed by atoms with Crippen molar-refractivity contribution in [2.75, 3.05) is 0 Å². The van der Waals surface area contributed by atoms with Gasteiger partial charge in [0.05, 0.1) is 22.4 Å². The summed E-state index contributed by atoms with van der Waals surface area (Å²) in [6.07, 6.45) is 7.22. The van der Waals surface area contributed by atoms with Crippen LogP contribution in [0.3, 0.4) is 0 Å². The first-order valence-corrected chi connectivity index (χ1v) is 12.5. The number of aromatic nitrogens is 5. The molecule has 0 N–H and O–H groups in total. The highest BCUT2D eigenvalue weighted by molar-refractivity contribution is 7.98. The van der Waals surface area contributed by atoms with E-state index in [0.29, 0.717) is 6.04 Å². The summed E-state index contributed by atoms with van der Waals surface area (Å²) >= 11 is 3.53. The molecule has 5 nitrogen and oxygen atoms in total. The zero-order valence-electron chi connectivity index (χ0n) is 17.1. The van der Waals surface area contributed by atoms with E-state index < -0.39 is 0 Å². The van der Waals surface area contributed by atoms with Crippen LogP contribution in [0.2, 0.25) is 0 Å². The maximum atomic E-state index is 4.86. The number of hydrogen-bond acceptors (Lipinski definition) is 6. The van der Waals surface area contributed by atoms with E-state index >= 15 is 0 Å². The predicted octanol–water partition coefficient (Wildman–Crippen LogP) is 5.98. The van der Waals surface area contributed by atoms with E-state index in [-0.39, 0.29) is 0 Å². The highest BCUT2D eigenvalue weighted by Crippen LogP contribution is 2.34. The minimum atomic E-state index is 0.509. The normalized spacial score (nSPS) is 15.1. The zero-order chi connectivity index (χ0) is 20.3. The van der Waals surface area contributed by atoms with Gasteiger partial charge in [-0.2, -0.15) is 0 Å². The molecule has 3 aromatic heterocycles. The number of nitrogens with zero attached hydrogens (tertiary/aromatic N) is 5. The van der Waals surface area contributed by atoms with Crippen LogP contribution < -0.4 is 0 Å². The lowest BCUT2D eigenvalue weighted by molar-refractivity contribution is 0.330. The molecule has 154 valence electrons. The second kappa shape index (κ2) is 8.86. The number of rotatable bonds is 6. The fourth-order valence-electron chi connectivity index (χ4n) is 4.20. The van der Waals surface area contributed by atoms with E-state index in [1.807, 2.05) is 31.2 Å². The summed E-state index contributed by atoms with van der Waals surface area (Å²) in [5.41, 5.74) is 3.92. The van der Waals surface area contributed by atoms with Crippen molar-refractivity contribution in [2.24, 2.45) is 0 Å². The van der Waals surface area contributed by atoms with E-state index in [2.05, 4.69) is 32.3 Å². The monoisotopic (exact) mass is 435 g/mol. The van der Waals surface area contributed by atoms with Gasteiger partial charge in [0.2, 0.25) is 0 Å². The van der Waals surface area contributed by atoms with Crippen LogP contribution >= 0.6 is 23.1 Å². The Morgan fingerprint density at radius 3 is 2.57 bits per heavy atom. The first-order valence-electron chi connectivity index (χ1n) is 10.6. The van der Waals surface area contributed by atoms with Crippen LogP contribution in [-0.4, -0.2) is 24.7 Å². The minimum absolute atomic E-state index is 0.509. The van der Waals surface area contributed by atoms with Gasteiger partial charge < -0.3 is 4.57 Å². The van der Waals surface area contributed by atoms with Crippen LogP contribution in [0.1, 0.15) is 60.2 Å². The van der Waals surface area contributed by atoms with E-state index in [4.69, 9.17) is 9.97 Å². The molecule has 1 fully saturated rings. The number of fused-ring (bicyclic) bond motifs is 1. The molecule has 0 unspecified atom stereocenters. The summed E-state index contributed by atoms with van der Waals surface area (Å²) in [4.78, 5) is 10.9. The Morgan fingerprint density at radius 2 is 1.80 bits per heavy atom. The van der Waals surface area contributed by atoms with Crippen LogP contribution in [0.25, 0.3) is 11.0 Å². The molecular weight excluding hydrogens is 410 g/mol. The van der Waals surface area contributed by atoms with Gasteiger partial charge in [0.15, 0.2) is 5.16 Å². The fourth-order valence-corrected chi connectivity index (χ4v) is 5.93. The molecule has 0 atom stereocenters. The molecule has 1 aromatic carbocycles. The Balaban J connectivity index is 1.42. The largest absolute Gasteiger partial charge is 0.303 e. The van der Waals surface area contributed by atoms with E-state index in [0.717, 1.165) is 45.6 Å². The average Bonchev–Trinajstić information content (AvgIpc) is 3.43. The summed E-state index contributed by atoms with van der Waals surface area (Å²) in [5, 5.41) is 12.4. The van der Waals surface area contributed by atoms with E-state index in [9.17, 15) is 0 Å². The molecule has 0 amide bonds. The number of para-hydroxylation sites is 2. The summed E-state index contributed by atoms with van der Waals surface area (Å²) in [5.74, 6) is 1.85. The van der Waals surface area contributed by atoms with Gasteiger partial charge in [-0.1, -0.05) is 49.2 Å². The lowest BCUT2D eigenvalue weighted by Crippen LogP contribution is -2.16. The maximum absolute atomic E-state index is 4.86. The summed E-state index contributed by atoms with van der Waals surface area (Å²) < 4.78 is 2.42. The maximum Gasteiger partial charge on any atom is 0.191 e. The predicted molar refractivity (Wildman–Crippen MR) is 123 cm³/mol. The first-order chi connectivity index (χ1) is 14.8. The Morgan fingerprint density at radius 1 is 1.00 bits per heavy atom. The molecule has 0 radical (unpaired) electrons. The zero-order valence-corrected chi connectivity index (χ0v) is 18.8. The number of thiophene rings is 1. The van der Waals surface area contributed by atoms with E-state index in [1.165, 1.54) is 37.0 Å². The molecule has 0 spiro atoms. The quantitative estimate of drug-likeness (QED) is 0.349. The van der Waals surface area contributed by atoms with Gasteiger partial charge in [-0.3, -0.25) is 0 Å². The number of aryl methyl sites for hydroxylation is 1. The Kier molecular flexibility index (Phi) is 5.82. The van der Waals surface area contributed by atoms with Crippen molar-refractivity contribution in [3.05, 3.63) is 63.9 Å². The molecule has 5 rings (SSSR count). The highest BCUT2D eigenvalue weighted by atomic mass is 32.2. The van der Waals surface area contributed by atoms with Crippen molar-refractivity contribution in [1.82, 2.24) is 24.7 Å². The van der Waals surface area contributed by atoms with Gasteiger partial charge in [0.1, 0.15) is 5.82 Å². The third kappa shape index (κ3) is 4.14. The Bertz CT molecular complexity index is 1130. The van der Waals surface area contributed by atoms with Crippen molar-refractivity contribution in [3.63, 3.8) is 0 Å². The lowest BCUT2D eigenvalue weighted by Gasteiger charge is -2.25. The highest BCUT2D eigenvalue weighted by Gasteiger charge is 2.23. The number of benzene rings is 1. The lowest BCUT2D eigenvalue weighted by atomic mass is 9.95. The van der Waals surface area contributed by atoms with Crippen LogP contribution in [-0.2, 0) is 12.2 Å². The van der Waals surface area contributed by atoms with Gasteiger partial charge in [0, 0.05) is 23.1 Å². The van der Waals surface area contributed by atoms with Crippen molar-refractivity contribution < 1.29 is 0 Å². The molecule has 1 aliphatic rings. The van der Waals surface area contributed by atoms with Gasteiger partial charge >= 0.3 is 0 Å². The van der Waals surface area contributed by atoms with Crippen molar-refractivity contribution in [3.8, 4) is 0 Å². The average molecular weight is 436 g/mol. The molecule has 0 bridgehead atoms. The van der Waals surface area contributed by atoms with Crippen LogP contribution in [0.15, 0.2) is 46.9 Å². The van der Waals surface area contributed by atoms with Crippen LogP contribution in [0.5, 0.6) is 0 Å². The number of thioether (sulfide) groups is 1. The second-order valence-corrected chi connectivity index (χ2v) is 9.82. The molecule has 4 aromatic rings.